The summed E-state index contributed by atoms with van der Waals surface area (Å²) in [4.78, 5) is 10.7. The first-order valence-electron chi connectivity index (χ1n) is 6.96. The Morgan fingerprint density at radius 3 is 2.80 bits per heavy atom. The van der Waals surface area contributed by atoms with Gasteiger partial charge in [-0.05, 0) is 30.0 Å². The van der Waals surface area contributed by atoms with E-state index in [1.54, 1.807) is 0 Å². The number of fused-ring (bicyclic) bond motifs is 1. The highest BCUT2D eigenvalue weighted by atomic mass is 16.5. The molecular weight excluding hydrogens is 256 g/mol. The van der Waals surface area contributed by atoms with Crippen molar-refractivity contribution in [3.63, 3.8) is 0 Å². The maximum absolute atomic E-state index is 10.7. The summed E-state index contributed by atoms with van der Waals surface area (Å²) in [5, 5.41) is 19.0. The number of carboxylic acids is 1. The molecule has 0 amide bonds. The first kappa shape index (κ1) is 14.9. The van der Waals surface area contributed by atoms with Crippen molar-refractivity contribution >= 4 is 5.97 Å². The van der Waals surface area contributed by atoms with Crippen LogP contribution in [0.2, 0.25) is 0 Å². The summed E-state index contributed by atoms with van der Waals surface area (Å²) < 4.78 is 5.62. The Bertz CT molecular complexity index is 507. The highest BCUT2D eigenvalue weighted by molar-refractivity contribution is 5.66. The van der Waals surface area contributed by atoms with Crippen LogP contribution in [-0.2, 0) is 10.2 Å². The second-order valence-electron chi connectivity index (χ2n) is 6.38. The van der Waals surface area contributed by atoms with Crippen molar-refractivity contribution in [3.05, 3.63) is 29.3 Å². The van der Waals surface area contributed by atoms with Crippen LogP contribution in [0.4, 0.5) is 0 Å². The zero-order chi connectivity index (χ0) is 14.9. The van der Waals surface area contributed by atoms with Gasteiger partial charge in [-0.3, -0.25) is 4.79 Å². The molecule has 0 fully saturated rings. The molecule has 4 heteroatoms. The van der Waals surface area contributed by atoms with E-state index in [-0.39, 0.29) is 17.8 Å². The SMILES string of the molecule is CC(CC(=O)O)CC(O)c1ccc2c(c1)C(C)(C)CO2. The molecule has 1 aliphatic rings. The Morgan fingerprint density at radius 1 is 1.45 bits per heavy atom. The Balaban J connectivity index is 2.12. The quantitative estimate of drug-likeness (QED) is 0.869. The van der Waals surface area contributed by atoms with E-state index in [2.05, 4.69) is 13.8 Å². The van der Waals surface area contributed by atoms with E-state index in [4.69, 9.17) is 9.84 Å². The molecule has 110 valence electrons. The molecule has 0 bridgehead atoms. The van der Waals surface area contributed by atoms with Crippen molar-refractivity contribution in [2.24, 2.45) is 5.92 Å². The van der Waals surface area contributed by atoms with Gasteiger partial charge in [-0.2, -0.15) is 0 Å². The van der Waals surface area contributed by atoms with E-state index >= 15 is 0 Å². The van der Waals surface area contributed by atoms with Gasteiger partial charge in [0.25, 0.3) is 0 Å². The molecule has 0 aromatic heterocycles. The van der Waals surface area contributed by atoms with Gasteiger partial charge < -0.3 is 14.9 Å². The van der Waals surface area contributed by atoms with Crippen molar-refractivity contribution in [1.82, 2.24) is 0 Å². The molecule has 2 N–H and O–H groups in total. The van der Waals surface area contributed by atoms with Crippen LogP contribution >= 0.6 is 0 Å². The van der Waals surface area contributed by atoms with E-state index < -0.39 is 12.1 Å². The van der Waals surface area contributed by atoms with Gasteiger partial charge in [0.1, 0.15) is 5.75 Å². The van der Waals surface area contributed by atoms with E-state index in [9.17, 15) is 9.90 Å². The molecule has 4 nitrogen and oxygen atoms in total. The Morgan fingerprint density at radius 2 is 2.15 bits per heavy atom. The number of aliphatic carboxylic acids is 1. The van der Waals surface area contributed by atoms with E-state index in [1.165, 1.54) is 0 Å². The van der Waals surface area contributed by atoms with Crippen LogP contribution in [0, 0.1) is 5.92 Å². The monoisotopic (exact) mass is 278 g/mol. The van der Waals surface area contributed by atoms with E-state index in [0.29, 0.717) is 13.0 Å². The summed E-state index contributed by atoms with van der Waals surface area (Å²) in [7, 11) is 0. The molecule has 1 aliphatic heterocycles. The smallest absolute Gasteiger partial charge is 0.303 e. The number of aliphatic hydroxyl groups excluding tert-OH is 1. The lowest BCUT2D eigenvalue weighted by atomic mass is 9.85. The highest BCUT2D eigenvalue weighted by Crippen LogP contribution is 2.40. The van der Waals surface area contributed by atoms with Crippen LogP contribution in [0.5, 0.6) is 5.75 Å². The molecular formula is C16H22O4. The van der Waals surface area contributed by atoms with Crippen LogP contribution in [0.15, 0.2) is 18.2 Å². The predicted octanol–water partition coefficient (Wildman–Crippen LogP) is 2.89. The topological polar surface area (TPSA) is 66.8 Å². The second-order valence-corrected chi connectivity index (χ2v) is 6.38. The van der Waals surface area contributed by atoms with Crippen LogP contribution < -0.4 is 4.74 Å². The molecule has 20 heavy (non-hydrogen) atoms. The summed E-state index contributed by atoms with van der Waals surface area (Å²) >= 11 is 0. The normalized spacial score (nSPS) is 19.0. The van der Waals surface area contributed by atoms with Gasteiger partial charge in [-0.25, -0.2) is 0 Å². The third-order valence-corrected chi connectivity index (χ3v) is 3.85. The number of carbonyl (C=O) groups is 1. The van der Waals surface area contributed by atoms with Gasteiger partial charge in [0, 0.05) is 17.4 Å². The summed E-state index contributed by atoms with van der Waals surface area (Å²) in [6.45, 7) is 6.72. The molecule has 0 saturated heterocycles. The van der Waals surface area contributed by atoms with E-state index in [0.717, 1.165) is 16.9 Å². The number of carboxylic acid groups (broad SMARTS) is 1. The number of hydrogen-bond donors (Lipinski definition) is 2. The fourth-order valence-electron chi connectivity index (χ4n) is 2.64. The average Bonchev–Trinajstić information content (AvgIpc) is 2.64. The van der Waals surface area contributed by atoms with Crippen molar-refractivity contribution < 1.29 is 19.7 Å². The molecule has 2 unspecified atom stereocenters. The molecule has 1 aromatic carbocycles. The van der Waals surface area contributed by atoms with Gasteiger partial charge in [-0.1, -0.05) is 26.8 Å². The minimum Gasteiger partial charge on any atom is -0.492 e. The largest absolute Gasteiger partial charge is 0.492 e. The van der Waals surface area contributed by atoms with Crippen LogP contribution in [-0.4, -0.2) is 22.8 Å². The molecule has 0 aliphatic carbocycles. The van der Waals surface area contributed by atoms with Crippen molar-refractivity contribution in [2.75, 3.05) is 6.61 Å². The minimum absolute atomic E-state index is 0.0439. The third-order valence-electron chi connectivity index (χ3n) is 3.85. The lowest BCUT2D eigenvalue weighted by molar-refractivity contribution is -0.138. The third kappa shape index (κ3) is 3.12. The van der Waals surface area contributed by atoms with Crippen molar-refractivity contribution in [3.8, 4) is 5.75 Å². The maximum Gasteiger partial charge on any atom is 0.303 e. The Labute approximate surface area is 119 Å². The molecule has 1 aromatic rings. The summed E-state index contributed by atoms with van der Waals surface area (Å²) in [5.74, 6) is -0.00210. The molecule has 2 atom stereocenters. The fraction of sp³-hybridized carbons (Fsp3) is 0.562. The molecule has 0 spiro atoms. The maximum atomic E-state index is 10.7. The van der Waals surface area contributed by atoms with Gasteiger partial charge in [-0.15, -0.1) is 0 Å². The second kappa shape index (κ2) is 5.44. The van der Waals surface area contributed by atoms with Gasteiger partial charge >= 0.3 is 5.97 Å². The van der Waals surface area contributed by atoms with Crippen molar-refractivity contribution in [2.45, 2.75) is 45.1 Å². The van der Waals surface area contributed by atoms with Gasteiger partial charge in [0.2, 0.25) is 0 Å². The lowest BCUT2D eigenvalue weighted by Crippen LogP contribution is -2.18. The first-order chi connectivity index (χ1) is 9.29. The summed E-state index contributed by atoms with van der Waals surface area (Å²) in [6.07, 6.45) is -0.103. The Hall–Kier alpha value is -1.55. The standard InChI is InChI=1S/C16H22O4/c1-10(7-15(18)19)6-13(17)11-4-5-14-12(8-11)16(2,3)9-20-14/h4-5,8,10,13,17H,6-7,9H2,1-3H3,(H,18,19). The zero-order valence-electron chi connectivity index (χ0n) is 12.2. The minimum atomic E-state index is -0.826. The number of ether oxygens (including phenoxy) is 1. The average molecular weight is 278 g/mol. The van der Waals surface area contributed by atoms with Crippen LogP contribution in [0.1, 0.15) is 50.8 Å². The Kier molecular flexibility index (Phi) is 4.04. The highest BCUT2D eigenvalue weighted by Gasteiger charge is 2.32. The zero-order valence-corrected chi connectivity index (χ0v) is 12.2. The molecule has 2 rings (SSSR count). The summed E-state index contributed by atoms with van der Waals surface area (Å²) in [6, 6.07) is 5.74. The fourth-order valence-corrected chi connectivity index (χ4v) is 2.64. The predicted molar refractivity (Wildman–Crippen MR) is 76.0 cm³/mol. The van der Waals surface area contributed by atoms with Gasteiger partial charge in [0.15, 0.2) is 0 Å². The number of hydrogen-bond acceptors (Lipinski definition) is 3. The molecule has 1 heterocycles. The van der Waals surface area contributed by atoms with E-state index in [1.807, 2.05) is 25.1 Å². The summed E-state index contributed by atoms with van der Waals surface area (Å²) in [5.41, 5.74) is 1.90. The molecule has 0 saturated carbocycles. The van der Waals surface area contributed by atoms with Crippen molar-refractivity contribution in [1.29, 1.82) is 0 Å². The van der Waals surface area contributed by atoms with Crippen LogP contribution in [0.3, 0.4) is 0 Å². The lowest BCUT2D eigenvalue weighted by Gasteiger charge is -2.19. The number of aliphatic hydroxyl groups is 1. The van der Waals surface area contributed by atoms with Crippen LogP contribution in [0.25, 0.3) is 0 Å². The molecule has 0 radical (unpaired) electrons. The first-order valence-corrected chi connectivity index (χ1v) is 6.96. The number of benzene rings is 1. The number of rotatable bonds is 5. The van der Waals surface area contributed by atoms with Gasteiger partial charge in [0.05, 0.1) is 12.7 Å².